The first-order chi connectivity index (χ1) is 13.4. The first-order valence-corrected chi connectivity index (χ1v) is 9.19. The van der Waals surface area contributed by atoms with Crippen LogP contribution in [-0.4, -0.2) is 60.0 Å². The normalized spacial score (nSPS) is 14.0. The van der Waals surface area contributed by atoms with Crippen LogP contribution in [0.25, 0.3) is 0 Å². The minimum Gasteiger partial charge on any atom is -0.495 e. The van der Waals surface area contributed by atoms with Crippen molar-refractivity contribution in [3.8, 4) is 5.75 Å². The number of hydrogen-bond acceptors (Lipinski definition) is 6. The second-order valence-electron chi connectivity index (χ2n) is 6.85. The zero-order valence-electron chi connectivity index (χ0n) is 16.7. The number of benzene rings is 1. The van der Waals surface area contributed by atoms with Crippen molar-refractivity contribution in [2.75, 3.05) is 43.5 Å². The number of methoxy groups -OCH3 is 1. The Morgan fingerprint density at radius 2 is 1.79 bits per heavy atom. The summed E-state index contributed by atoms with van der Waals surface area (Å²) in [5.74, 6) is 0.838. The largest absolute Gasteiger partial charge is 0.495 e. The van der Waals surface area contributed by atoms with Gasteiger partial charge in [0.15, 0.2) is 0 Å². The van der Waals surface area contributed by atoms with E-state index in [1.807, 2.05) is 36.9 Å². The lowest BCUT2D eigenvalue weighted by Crippen LogP contribution is -2.48. The maximum absolute atomic E-state index is 12.8. The standard InChI is InChI=1S/C20H25N5O3/c1-13-5-6-18(28-4)16(11-13)22-19(27)17-12-14(2)21-20(23-17)25-9-7-24(8-10-25)15(3)26/h5-6,11-12H,7-10H2,1-4H3,(H,22,27). The summed E-state index contributed by atoms with van der Waals surface area (Å²) in [4.78, 5) is 37.0. The number of piperazine rings is 1. The molecule has 0 unspecified atom stereocenters. The fourth-order valence-corrected chi connectivity index (χ4v) is 3.14. The summed E-state index contributed by atoms with van der Waals surface area (Å²) in [7, 11) is 1.56. The molecule has 0 saturated carbocycles. The highest BCUT2D eigenvalue weighted by Gasteiger charge is 2.22. The van der Waals surface area contributed by atoms with Crippen LogP contribution in [-0.2, 0) is 4.79 Å². The van der Waals surface area contributed by atoms with Gasteiger partial charge in [-0.05, 0) is 37.6 Å². The summed E-state index contributed by atoms with van der Waals surface area (Å²) in [6, 6.07) is 7.25. The predicted molar refractivity (Wildman–Crippen MR) is 107 cm³/mol. The van der Waals surface area contributed by atoms with E-state index in [-0.39, 0.29) is 11.8 Å². The summed E-state index contributed by atoms with van der Waals surface area (Å²) in [5, 5.41) is 2.87. The van der Waals surface area contributed by atoms with Gasteiger partial charge in [0, 0.05) is 38.8 Å². The third kappa shape index (κ3) is 4.39. The highest BCUT2D eigenvalue weighted by molar-refractivity contribution is 6.04. The van der Waals surface area contributed by atoms with Crippen molar-refractivity contribution < 1.29 is 14.3 Å². The minimum atomic E-state index is -0.321. The van der Waals surface area contributed by atoms with Gasteiger partial charge in [0.2, 0.25) is 11.9 Å². The molecule has 1 aliphatic rings. The number of aryl methyl sites for hydroxylation is 2. The number of amides is 2. The molecule has 1 aliphatic heterocycles. The van der Waals surface area contributed by atoms with Crippen LogP contribution in [0.1, 0.15) is 28.7 Å². The predicted octanol–water partition coefficient (Wildman–Crippen LogP) is 2.02. The third-order valence-electron chi connectivity index (χ3n) is 4.69. The molecule has 2 amide bonds. The zero-order chi connectivity index (χ0) is 20.3. The van der Waals surface area contributed by atoms with Crippen LogP contribution in [0.4, 0.5) is 11.6 Å². The molecule has 28 heavy (non-hydrogen) atoms. The topological polar surface area (TPSA) is 87.7 Å². The Bertz CT molecular complexity index is 891. The number of ether oxygens (including phenoxy) is 1. The van der Waals surface area contributed by atoms with Gasteiger partial charge in [-0.15, -0.1) is 0 Å². The molecule has 2 aromatic rings. The second-order valence-corrected chi connectivity index (χ2v) is 6.85. The first kappa shape index (κ1) is 19.6. The van der Waals surface area contributed by atoms with E-state index in [0.29, 0.717) is 55.0 Å². The number of carbonyl (C=O) groups is 2. The number of nitrogens with one attached hydrogen (secondary N) is 1. The average Bonchev–Trinajstić information content (AvgIpc) is 2.67. The number of rotatable bonds is 4. The Balaban J connectivity index is 1.79. The van der Waals surface area contributed by atoms with Crippen molar-refractivity contribution >= 4 is 23.5 Å². The third-order valence-corrected chi connectivity index (χ3v) is 4.69. The molecule has 1 N–H and O–H groups in total. The highest BCUT2D eigenvalue weighted by atomic mass is 16.5. The van der Waals surface area contributed by atoms with E-state index in [0.717, 1.165) is 5.56 Å². The average molecular weight is 383 g/mol. The van der Waals surface area contributed by atoms with Gasteiger partial charge in [-0.1, -0.05) is 6.07 Å². The van der Waals surface area contributed by atoms with E-state index in [1.54, 1.807) is 25.0 Å². The Morgan fingerprint density at radius 3 is 2.43 bits per heavy atom. The molecule has 0 bridgehead atoms. The molecule has 1 saturated heterocycles. The Hall–Kier alpha value is -3.16. The van der Waals surface area contributed by atoms with Crippen molar-refractivity contribution in [2.24, 2.45) is 0 Å². The Labute approximate surface area is 164 Å². The van der Waals surface area contributed by atoms with Crippen LogP contribution in [0.2, 0.25) is 0 Å². The summed E-state index contributed by atoms with van der Waals surface area (Å²) >= 11 is 0. The van der Waals surface area contributed by atoms with Crippen molar-refractivity contribution in [3.63, 3.8) is 0 Å². The zero-order valence-corrected chi connectivity index (χ0v) is 16.7. The molecule has 0 aliphatic carbocycles. The smallest absolute Gasteiger partial charge is 0.274 e. The lowest BCUT2D eigenvalue weighted by Gasteiger charge is -2.34. The SMILES string of the molecule is COc1ccc(C)cc1NC(=O)c1cc(C)nc(N2CCN(C(C)=O)CC2)n1. The van der Waals surface area contributed by atoms with Crippen LogP contribution in [0.3, 0.4) is 0 Å². The van der Waals surface area contributed by atoms with Crippen molar-refractivity contribution in [3.05, 3.63) is 41.2 Å². The van der Waals surface area contributed by atoms with Crippen LogP contribution in [0, 0.1) is 13.8 Å². The summed E-state index contributed by atoms with van der Waals surface area (Å²) in [5.41, 5.74) is 2.61. The van der Waals surface area contributed by atoms with Gasteiger partial charge >= 0.3 is 0 Å². The van der Waals surface area contributed by atoms with Crippen molar-refractivity contribution in [1.29, 1.82) is 0 Å². The van der Waals surface area contributed by atoms with E-state index in [2.05, 4.69) is 15.3 Å². The van der Waals surface area contributed by atoms with Crippen LogP contribution in [0.15, 0.2) is 24.3 Å². The second kappa shape index (κ2) is 8.24. The first-order valence-electron chi connectivity index (χ1n) is 9.19. The minimum absolute atomic E-state index is 0.0666. The van der Waals surface area contributed by atoms with Gasteiger partial charge in [-0.25, -0.2) is 9.97 Å². The molecule has 2 heterocycles. The van der Waals surface area contributed by atoms with Crippen molar-refractivity contribution in [1.82, 2.24) is 14.9 Å². The number of anilines is 2. The molecule has 148 valence electrons. The van der Waals surface area contributed by atoms with Gasteiger partial charge < -0.3 is 19.9 Å². The van der Waals surface area contributed by atoms with Gasteiger partial charge in [-0.2, -0.15) is 0 Å². The Morgan fingerprint density at radius 1 is 1.07 bits per heavy atom. The van der Waals surface area contributed by atoms with Crippen LogP contribution < -0.4 is 15.0 Å². The molecule has 0 atom stereocenters. The van der Waals surface area contributed by atoms with E-state index >= 15 is 0 Å². The molecule has 1 aromatic carbocycles. The van der Waals surface area contributed by atoms with E-state index in [4.69, 9.17) is 4.74 Å². The summed E-state index contributed by atoms with van der Waals surface area (Å²) in [6.07, 6.45) is 0. The van der Waals surface area contributed by atoms with E-state index < -0.39 is 0 Å². The molecular formula is C20H25N5O3. The maximum Gasteiger partial charge on any atom is 0.274 e. The van der Waals surface area contributed by atoms with Gasteiger partial charge in [0.1, 0.15) is 11.4 Å². The number of aromatic nitrogens is 2. The molecule has 1 aromatic heterocycles. The maximum atomic E-state index is 12.8. The number of carbonyl (C=O) groups excluding carboxylic acids is 2. The molecule has 0 radical (unpaired) electrons. The fourth-order valence-electron chi connectivity index (χ4n) is 3.14. The highest BCUT2D eigenvalue weighted by Crippen LogP contribution is 2.26. The van der Waals surface area contributed by atoms with Gasteiger partial charge in [-0.3, -0.25) is 9.59 Å². The lowest BCUT2D eigenvalue weighted by molar-refractivity contribution is -0.129. The monoisotopic (exact) mass is 383 g/mol. The summed E-state index contributed by atoms with van der Waals surface area (Å²) in [6.45, 7) is 7.86. The van der Waals surface area contributed by atoms with Crippen LogP contribution in [0.5, 0.6) is 5.75 Å². The lowest BCUT2D eigenvalue weighted by atomic mass is 10.2. The van der Waals surface area contributed by atoms with Crippen LogP contribution >= 0.6 is 0 Å². The molecular weight excluding hydrogens is 358 g/mol. The number of hydrogen-bond donors (Lipinski definition) is 1. The number of nitrogens with zero attached hydrogens (tertiary/aromatic N) is 4. The quantitative estimate of drug-likeness (QED) is 0.869. The summed E-state index contributed by atoms with van der Waals surface area (Å²) < 4.78 is 5.32. The molecule has 3 rings (SSSR count). The molecule has 1 fully saturated rings. The molecule has 8 heteroatoms. The van der Waals surface area contributed by atoms with Gasteiger partial charge in [0.05, 0.1) is 12.8 Å². The van der Waals surface area contributed by atoms with Gasteiger partial charge in [0.25, 0.3) is 5.91 Å². The van der Waals surface area contributed by atoms with E-state index in [9.17, 15) is 9.59 Å². The fraction of sp³-hybridized carbons (Fsp3) is 0.400. The molecule has 8 nitrogen and oxygen atoms in total. The van der Waals surface area contributed by atoms with E-state index in [1.165, 1.54) is 0 Å². The van der Waals surface area contributed by atoms with Crippen molar-refractivity contribution in [2.45, 2.75) is 20.8 Å². The molecule has 0 spiro atoms. The Kier molecular flexibility index (Phi) is 5.77.